The molecule has 2 amide bonds. The number of anilines is 1. The number of aryl methyl sites for hydroxylation is 2. The summed E-state index contributed by atoms with van der Waals surface area (Å²) in [6.07, 6.45) is 0.484. The Morgan fingerprint density at radius 3 is 2.35 bits per heavy atom. The number of rotatable bonds is 6. The Balaban J connectivity index is 2.15. The third kappa shape index (κ3) is 5.15. The first-order chi connectivity index (χ1) is 12.3. The molecule has 0 radical (unpaired) electrons. The van der Waals surface area contributed by atoms with E-state index in [-0.39, 0.29) is 23.5 Å². The van der Waals surface area contributed by atoms with Gasteiger partial charge in [-0.05, 0) is 55.5 Å². The first-order valence-electron chi connectivity index (χ1n) is 8.71. The molecule has 2 N–H and O–H groups in total. The Labute approximate surface area is 153 Å². The number of halogens is 1. The fourth-order valence-electron chi connectivity index (χ4n) is 2.67. The highest BCUT2D eigenvalue weighted by atomic mass is 19.1. The van der Waals surface area contributed by atoms with Crippen molar-refractivity contribution in [2.75, 3.05) is 5.32 Å². The second-order valence-electron chi connectivity index (χ2n) is 6.92. The molecule has 26 heavy (non-hydrogen) atoms. The zero-order valence-corrected chi connectivity index (χ0v) is 15.6. The van der Waals surface area contributed by atoms with Gasteiger partial charge in [0.2, 0.25) is 5.91 Å². The first kappa shape index (κ1) is 19.6. The Bertz CT molecular complexity index is 802. The van der Waals surface area contributed by atoms with Crippen molar-refractivity contribution in [3.8, 4) is 0 Å². The molecule has 4 nitrogen and oxygen atoms in total. The number of hydrogen-bond acceptors (Lipinski definition) is 2. The van der Waals surface area contributed by atoms with Gasteiger partial charge < -0.3 is 10.6 Å². The van der Waals surface area contributed by atoms with Crippen molar-refractivity contribution in [2.24, 2.45) is 5.92 Å². The smallest absolute Gasteiger partial charge is 0.252 e. The van der Waals surface area contributed by atoms with Crippen LogP contribution in [0.3, 0.4) is 0 Å². The minimum absolute atomic E-state index is 0.206. The fraction of sp³-hybridized carbons (Fsp3) is 0.333. The topological polar surface area (TPSA) is 58.2 Å². The SMILES string of the molecule is Cc1ccc(NC(=O)[C@@H](CC(C)C)NC(=O)c2ccccc2C)cc1F. The summed E-state index contributed by atoms with van der Waals surface area (Å²) in [5.74, 6) is -0.826. The number of nitrogens with one attached hydrogen (secondary N) is 2. The van der Waals surface area contributed by atoms with E-state index in [9.17, 15) is 14.0 Å². The number of hydrogen-bond donors (Lipinski definition) is 2. The lowest BCUT2D eigenvalue weighted by molar-refractivity contribution is -0.118. The lowest BCUT2D eigenvalue weighted by atomic mass is 10.0. The summed E-state index contributed by atoms with van der Waals surface area (Å²) in [6, 6.07) is 11.0. The Morgan fingerprint density at radius 1 is 1.04 bits per heavy atom. The van der Waals surface area contributed by atoms with Gasteiger partial charge in [-0.25, -0.2) is 4.39 Å². The van der Waals surface area contributed by atoms with Crippen molar-refractivity contribution in [1.29, 1.82) is 0 Å². The van der Waals surface area contributed by atoms with Crippen LogP contribution in [0.25, 0.3) is 0 Å². The number of amides is 2. The molecule has 0 heterocycles. The molecule has 2 rings (SSSR count). The lowest BCUT2D eigenvalue weighted by Crippen LogP contribution is -2.44. The molecule has 0 unspecified atom stereocenters. The number of carbonyl (C=O) groups excluding carboxylic acids is 2. The summed E-state index contributed by atoms with van der Waals surface area (Å²) < 4.78 is 13.7. The van der Waals surface area contributed by atoms with Crippen LogP contribution in [-0.2, 0) is 4.79 Å². The van der Waals surface area contributed by atoms with Crippen molar-refractivity contribution in [3.63, 3.8) is 0 Å². The molecule has 0 saturated heterocycles. The third-order valence-electron chi connectivity index (χ3n) is 4.16. The molecule has 138 valence electrons. The van der Waals surface area contributed by atoms with Gasteiger partial charge in [0.05, 0.1) is 0 Å². The van der Waals surface area contributed by atoms with Crippen LogP contribution in [0, 0.1) is 25.6 Å². The molecule has 0 fully saturated rings. The fourth-order valence-corrected chi connectivity index (χ4v) is 2.67. The molecule has 2 aromatic carbocycles. The largest absolute Gasteiger partial charge is 0.340 e. The quantitative estimate of drug-likeness (QED) is 0.814. The molecule has 1 atom stereocenters. The second-order valence-corrected chi connectivity index (χ2v) is 6.92. The standard InChI is InChI=1S/C21H25FN2O2/c1-13(2)11-19(24-20(25)17-8-6-5-7-14(17)3)21(26)23-16-10-9-15(4)18(22)12-16/h5-10,12-13,19H,11H2,1-4H3,(H,23,26)(H,24,25)/t19-/m1/s1. The van der Waals surface area contributed by atoms with Crippen molar-refractivity contribution >= 4 is 17.5 Å². The van der Waals surface area contributed by atoms with Gasteiger partial charge in [-0.1, -0.05) is 38.1 Å². The first-order valence-corrected chi connectivity index (χ1v) is 8.71. The molecule has 0 aliphatic rings. The molecule has 0 aromatic heterocycles. The molecule has 2 aromatic rings. The van der Waals surface area contributed by atoms with Crippen LogP contribution in [0.5, 0.6) is 0 Å². The van der Waals surface area contributed by atoms with E-state index in [4.69, 9.17) is 0 Å². The number of benzene rings is 2. The molecule has 0 aliphatic heterocycles. The summed E-state index contributed by atoms with van der Waals surface area (Å²) in [6.45, 7) is 7.46. The molecule has 0 bridgehead atoms. The average Bonchev–Trinajstić information content (AvgIpc) is 2.57. The van der Waals surface area contributed by atoms with E-state index in [1.165, 1.54) is 6.07 Å². The summed E-state index contributed by atoms with van der Waals surface area (Å²) in [5.41, 5.74) is 2.26. The van der Waals surface area contributed by atoms with E-state index in [0.29, 0.717) is 23.2 Å². The monoisotopic (exact) mass is 356 g/mol. The maximum Gasteiger partial charge on any atom is 0.252 e. The summed E-state index contributed by atoms with van der Waals surface area (Å²) >= 11 is 0. The van der Waals surface area contributed by atoms with Crippen molar-refractivity contribution in [2.45, 2.75) is 40.2 Å². The van der Waals surface area contributed by atoms with E-state index >= 15 is 0 Å². The molecule has 0 aliphatic carbocycles. The maximum absolute atomic E-state index is 13.7. The lowest BCUT2D eigenvalue weighted by Gasteiger charge is -2.21. The molecule has 5 heteroatoms. The summed E-state index contributed by atoms with van der Waals surface area (Å²) in [5, 5.41) is 5.50. The van der Waals surface area contributed by atoms with E-state index in [2.05, 4.69) is 10.6 Å². The predicted octanol–water partition coefficient (Wildman–Crippen LogP) is 4.23. The van der Waals surface area contributed by atoms with Crippen molar-refractivity contribution < 1.29 is 14.0 Å². The van der Waals surface area contributed by atoms with Crippen LogP contribution >= 0.6 is 0 Å². The van der Waals surface area contributed by atoms with E-state index in [1.54, 1.807) is 31.2 Å². The highest BCUT2D eigenvalue weighted by Crippen LogP contribution is 2.16. The second kappa shape index (κ2) is 8.61. The Kier molecular flexibility index (Phi) is 6.50. The van der Waals surface area contributed by atoms with Crippen LogP contribution in [-0.4, -0.2) is 17.9 Å². The summed E-state index contributed by atoms with van der Waals surface area (Å²) in [7, 11) is 0. The van der Waals surface area contributed by atoms with Crippen LogP contribution in [0.2, 0.25) is 0 Å². The molecule has 0 saturated carbocycles. The normalized spacial score (nSPS) is 11.9. The van der Waals surface area contributed by atoms with Gasteiger partial charge in [0, 0.05) is 11.3 Å². The van der Waals surface area contributed by atoms with E-state index in [0.717, 1.165) is 5.56 Å². The van der Waals surface area contributed by atoms with Crippen molar-refractivity contribution in [3.05, 3.63) is 65.0 Å². The minimum atomic E-state index is -0.702. The molecule has 0 spiro atoms. The zero-order valence-electron chi connectivity index (χ0n) is 15.6. The van der Waals surface area contributed by atoms with Crippen LogP contribution in [0.4, 0.5) is 10.1 Å². The number of carbonyl (C=O) groups is 2. The van der Waals surface area contributed by atoms with Gasteiger partial charge in [0.25, 0.3) is 5.91 Å². The average molecular weight is 356 g/mol. The Hall–Kier alpha value is -2.69. The van der Waals surface area contributed by atoms with E-state index in [1.807, 2.05) is 32.9 Å². The Morgan fingerprint density at radius 2 is 1.73 bits per heavy atom. The van der Waals surface area contributed by atoms with Crippen LogP contribution in [0.1, 0.15) is 41.8 Å². The van der Waals surface area contributed by atoms with Gasteiger partial charge in [0.1, 0.15) is 11.9 Å². The van der Waals surface area contributed by atoms with Crippen LogP contribution in [0.15, 0.2) is 42.5 Å². The van der Waals surface area contributed by atoms with E-state index < -0.39 is 6.04 Å². The van der Waals surface area contributed by atoms with Gasteiger partial charge >= 0.3 is 0 Å². The summed E-state index contributed by atoms with van der Waals surface area (Å²) in [4.78, 5) is 25.2. The van der Waals surface area contributed by atoms with Gasteiger partial charge in [0.15, 0.2) is 0 Å². The third-order valence-corrected chi connectivity index (χ3v) is 4.16. The van der Waals surface area contributed by atoms with Gasteiger partial charge in [-0.15, -0.1) is 0 Å². The zero-order chi connectivity index (χ0) is 19.3. The maximum atomic E-state index is 13.7. The minimum Gasteiger partial charge on any atom is -0.340 e. The van der Waals surface area contributed by atoms with Crippen LogP contribution < -0.4 is 10.6 Å². The highest BCUT2D eigenvalue weighted by molar-refractivity contribution is 6.01. The highest BCUT2D eigenvalue weighted by Gasteiger charge is 2.23. The molecular formula is C21H25FN2O2. The molecular weight excluding hydrogens is 331 g/mol. The van der Waals surface area contributed by atoms with Crippen molar-refractivity contribution in [1.82, 2.24) is 5.32 Å². The van der Waals surface area contributed by atoms with Gasteiger partial charge in [-0.2, -0.15) is 0 Å². The predicted molar refractivity (Wildman–Crippen MR) is 102 cm³/mol. The van der Waals surface area contributed by atoms with Gasteiger partial charge in [-0.3, -0.25) is 9.59 Å².